The third kappa shape index (κ3) is 6.13. The van der Waals surface area contributed by atoms with E-state index in [1.54, 1.807) is 0 Å². The first-order chi connectivity index (χ1) is 9.88. The normalized spacial score (nSPS) is 29.2. The fraction of sp³-hybridized carbons (Fsp3) is 1.00. The van der Waals surface area contributed by atoms with Crippen LogP contribution in [-0.4, -0.2) is 25.3 Å². The Morgan fingerprint density at radius 2 is 1.75 bits per heavy atom. The predicted molar refractivity (Wildman–Crippen MR) is 86.1 cm³/mol. The number of hydrogen-bond donors (Lipinski definition) is 1. The molecule has 2 heteroatoms. The zero-order chi connectivity index (χ0) is 14.0. The molecular formula is C18H35NO. The fourth-order valence-electron chi connectivity index (χ4n) is 3.85. The minimum Gasteiger partial charge on any atom is -0.378 e. The van der Waals surface area contributed by atoms with Crippen LogP contribution in [0.4, 0.5) is 0 Å². The molecule has 0 aliphatic heterocycles. The van der Waals surface area contributed by atoms with Crippen molar-refractivity contribution < 1.29 is 4.74 Å². The monoisotopic (exact) mass is 281 g/mol. The van der Waals surface area contributed by atoms with Crippen molar-refractivity contribution in [2.24, 2.45) is 5.92 Å². The predicted octanol–water partition coefficient (Wildman–Crippen LogP) is 4.67. The summed E-state index contributed by atoms with van der Waals surface area (Å²) in [7, 11) is 0. The van der Waals surface area contributed by atoms with Gasteiger partial charge in [-0.1, -0.05) is 45.4 Å². The zero-order valence-corrected chi connectivity index (χ0v) is 13.5. The van der Waals surface area contributed by atoms with E-state index in [9.17, 15) is 0 Å². The molecule has 20 heavy (non-hydrogen) atoms. The first-order valence-electron chi connectivity index (χ1n) is 9.23. The van der Waals surface area contributed by atoms with Crippen LogP contribution in [0.3, 0.4) is 0 Å². The second-order valence-electron chi connectivity index (χ2n) is 6.92. The summed E-state index contributed by atoms with van der Waals surface area (Å²) < 4.78 is 5.99. The van der Waals surface area contributed by atoms with Crippen molar-refractivity contribution in [3.8, 4) is 0 Å². The molecule has 2 fully saturated rings. The standard InChI is InChI=1S/C18H35NO/c1-2-16-8-6-9-17(13-12-16)19-14-7-15-20-18-10-4-3-5-11-18/h16-19H,2-15H2,1H3. The van der Waals surface area contributed by atoms with Crippen molar-refractivity contribution in [2.45, 2.75) is 96.1 Å². The van der Waals surface area contributed by atoms with Gasteiger partial charge in [-0.05, 0) is 51.0 Å². The molecule has 2 aliphatic rings. The number of rotatable bonds is 7. The van der Waals surface area contributed by atoms with E-state index in [0.29, 0.717) is 6.10 Å². The van der Waals surface area contributed by atoms with Crippen LogP contribution in [0.25, 0.3) is 0 Å². The molecule has 2 saturated carbocycles. The summed E-state index contributed by atoms with van der Waals surface area (Å²) in [6.45, 7) is 4.46. The number of nitrogens with one attached hydrogen (secondary N) is 1. The lowest BCUT2D eigenvalue weighted by molar-refractivity contribution is 0.0270. The highest BCUT2D eigenvalue weighted by molar-refractivity contribution is 4.74. The van der Waals surface area contributed by atoms with Gasteiger partial charge in [0.15, 0.2) is 0 Å². The first-order valence-corrected chi connectivity index (χ1v) is 9.23. The molecule has 2 unspecified atom stereocenters. The van der Waals surface area contributed by atoms with Gasteiger partial charge in [-0.25, -0.2) is 0 Å². The van der Waals surface area contributed by atoms with Gasteiger partial charge in [0.1, 0.15) is 0 Å². The van der Waals surface area contributed by atoms with E-state index in [1.165, 1.54) is 77.0 Å². The van der Waals surface area contributed by atoms with Crippen LogP contribution in [0.5, 0.6) is 0 Å². The van der Waals surface area contributed by atoms with Gasteiger partial charge in [0, 0.05) is 12.6 Å². The largest absolute Gasteiger partial charge is 0.378 e. The van der Waals surface area contributed by atoms with Crippen LogP contribution in [0.1, 0.15) is 84.0 Å². The lowest BCUT2D eigenvalue weighted by atomic mass is 9.98. The van der Waals surface area contributed by atoms with E-state index < -0.39 is 0 Å². The molecule has 2 atom stereocenters. The first kappa shape index (κ1) is 16.3. The Kier molecular flexibility index (Phi) is 7.97. The molecule has 2 nitrogen and oxygen atoms in total. The molecular weight excluding hydrogens is 246 g/mol. The molecule has 0 spiro atoms. The molecule has 0 radical (unpaired) electrons. The Bertz CT molecular complexity index is 238. The highest BCUT2D eigenvalue weighted by Crippen LogP contribution is 2.25. The van der Waals surface area contributed by atoms with Gasteiger partial charge in [0.2, 0.25) is 0 Å². The van der Waals surface area contributed by atoms with E-state index in [2.05, 4.69) is 12.2 Å². The average Bonchev–Trinajstić information content (AvgIpc) is 2.73. The van der Waals surface area contributed by atoms with Gasteiger partial charge in [-0.15, -0.1) is 0 Å². The maximum Gasteiger partial charge on any atom is 0.0575 e. The Morgan fingerprint density at radius 1 is 0.900 bits per heavy atom. The average molecular weight is 281 g/mol. The van der Waals surface area contributed by atoms with Gasteiger partial charge < -0.3 is 10.1 Å². The van der Waals surface area contributed by atoms with E-state index in [-0.39, 0.29) is 0 Å². The van der Waals surface area contributed by atoms with Gasteiger partial charge in [0.05, 0.1) is 6.10 Å². The molecule has 0 heterocycles. The second kappa shape index (κ2) is 9.78. The van der Waals surface area contributed by atoms with Gasteiger partial charge in [-0.3, -0.25) is 0 Å². The molecule has 1 N–H and O–H groups in total. The number of ether oxygens (including phenoxy) is 1. The van der Waals surface area contributed by atoms with E-state index >= 15 is 0 Å². The van der Waals surface area contributed by atoms with Crippen molar-refractivity contribution in [1.82, 2.24) is 5.32 Å². The summed E-state index contributed by atoms with van der Waals surface area (Å²) >= 11 is 0. The quantitative estimate of drug-likeness (QED) is 0.540. The molecule has 0 aromatic carbocycles. The smallest absolute Gasteiger partial charge is 0.0575 e. The van der Waals surface area contributed by atoms with Crippen LogP contribution >= 0.6 is 0 Å². The fourth-order valence-corrected chi connectivity index (χ4v) is 3.85. The van der Waals surface area contributed by atoms with Crippen molar-refractivity contribution in [3.63, 3.8) is 0 Å². The molecule has 0 aromatic heterocycles. The maximum atomic E-state index is 5.99. The van der Waals surface area contributed by atoms with Gasteiger partial charge in [-0.2, -0.15) is 0 Å². The Labute approximate surface area is 126 Å². The summed E-state index contributed by atoms with van der Waals surface area (Å²) in [5.74, 6) is 0.997. The third-order valence-corrected chi connectivity index (χ3v) is 5.33. The summed E-state index contributed by atoms with van der Waals surface area (Å²) in [5.41, 5.74) is 0. The van der Waals surface area contributed by atoms with Crippen molar-refractivity contribution in [2.75, 3.05) is 13.2 Å². The third-order valence-electron chi connectivity index (χ3n) is 5.33. The van der Waals surface area contributed by atoms with Crippen LogP contribution in [-0.2, 0) is 4.74 Å². The van der Waals surface area contributed by atoms with E-state index in [0.717, 1.165) is 25.1 Å². The summed E-state index contributed by atoms with van der Waals surface area (Å²) in [4.78, 5) is 0. The SMILES string of the molecule is CCC1CCCC(NCCCOC2CCCCC2)CC1. The molecule has 0 aromatic rings. The maximum absolute atomic E-state index is 5.99. The lowest BCUT2D eigenvalue weighted by Crippen LogP contribution is -2.30. The van der Waals surface area contributed by atoms with Gasteiger partial charge >= 0.3 is 0 Å². The zero-order valence-electron chi connectivity index (χ0n) is 13.5. The van der Waals surface area contributed by atoms with Crippen molar-refractivity contribution in [3.05, 3.63) is 0 Å². The van der Waals surface area contributed by atoms with Crippen LogP contribution in [0.15, 0.2) is 0 Å². The minimum atomic E-state index is 0.576. The number of hydrogen-bond acceptors (Lipinski definition) is 2. The van der Waals surface area contributed by atoms with E-state index in [4.69, 9.17) is 4.74 Å². The molecule has 2 aliphatic carbocycles. The molecule has 118 valence electrons. The minimum absolute atomic E-state index is 0.576. The second-order valence-corrected chi connectivity index (χ2v) is 6.92. The Hall–Kier alpha value is -0.0800. The molecule has 0 amide bonds. The Morgan fingerprint density at radius 3 is 2.55 bits per heavy atom. The summed E-state index contributed by atoms with van der Waals surface area (Å²) in [6.07, 6.45) is 17.0. The lowest BCUT2D eigenvalue weighted by Gasteiger charge is -2.22. The van der Waals surface area contributed by atoms with Crippen molar-refractivity contribution >= 4 is 0 Å². The van der Waals surface area contributed by atoms with E-state index in [1.807, 2.05) is 0 Å². The van der Waals surface area contributed by atoms with Gasteiger partial charge in [0.25, 0.3) is 0 Å². The van der Waals surface area contributed by atoms with Crippen LogP contribution < -0.4 is 5.32 Å². The topological polar surface area (TPSA) is 21.3 Å². The molecule has 0 saturated heterocycles. The molecule has 2 rings (SSSR count). The Balaban J connectivity index is 1.48. The summed E-state index contributed by atoms with van der Waals surface area (Å²) in [6, 6.07) is 0.779. The van der Waals surface area contributed by atoms with Crippen LogP contribution in [0, 0.1) is 5.92 Å². The van der Waals surface area contributed by atoms with Crippen molar-refractivity contribution in [1.29, 1.82) is 0 Å². The summed E-state index contributed by atoms with van der Waals surface area (Å²) in [5, 5.41) is 3.76. The molecule has 0 bridgehead atoms. The highest BCUT2D eigenvalue weighted by Gasteiger charge is 2.17. The highest BCUT2D eigenvalue weighted by atomic mass is 16.5. The van der Waals surface area contributed by atoms with Crippen LogP contribution in [0.2, 0.25) is 0 Å².